The second-order valence-electron chi connectivity index (χ2n) is 11.8. The molecule has 5 atom stereocenters. The molecule has 4 unspecified atom stereocenters. The molecule has 1 aromatic carbocycles. The van der Waals surface area contributed by atoms with E-state index in [0.29, 0.717) is 13.0 Å². The second kappa shape index (κ2) is 15.4. The maximum Gasteiger partial charge on any atom is 0.408 e. The SMILES string of the molecule is CC(C)C[C@H](NC(=O)C(NC(=O)OCc1ccccc1)C(C)OC(C)(C)C)C(=O)NC(CC1CCNC1=O)C(N)=O. The first-order valence-corrected chi connectivity index (χ1v) is 14.0. The van der Waals surface area contributed by atoms with Crippen LogP contribution in [0.3, 0.4) is 0 Å². The fourth-order valence-corrected chi connectivity index (χ4v) is 4.55. The van der Waals surface area contributed by atoms with E-state index in [4.69, 9.17) is 15.2 Å². The van der Waals surface area contributed by atoms with Gasteiger partial charge < -0.3 is 36.5 Å². The molecule has 228 valence electrons. The van der Waals surface area contributed by atoms with Gasteiger partial charge in [0.05, 0.1) is 11.7 Å². The minimum absolute atomic E-state index is 0.00141. The number of benzene rings is 1. The Morgan fingerprint density at radius 3 is 2.17 bits per heavy atom. The third kappa shape index (κ3) is 11.8. The molecule has 1 aliphatic heterocycles. The number of carbonyl (C=O) groups is 5. The second-order valence-corrected chi connectivity index (χ2v) is 11.8. The lowest BCUT2D eigenvalue weighted by molar-refractivity contribution is -0.136. The first-order valence-electron chi connectivity index (χ1n) is 14.0. The molecule has 0 saturated carbocycles. The van der Waals surface area contributed by atoms with E-state index in [-0.39, 0.29) is 31.3 Å². The lowest BCUT2D eigenvalue weighted by Gasteiger charge is -2.32. The molecule has 2 rings (SSSR count). The van der Waals surface area contributed by atoms with Crippen molar-refractivity contribution in [3.63, 3.8) is 0 Å². The molecule has 0 aromatic heterocycles. The molecule has 1 heterocycles. The van der Waals surface area contributed by atoms with Crippen molar-refractivity contribution in [2.75, 3.05) is 6.54 Å². The predicted octanol–water partition coefficient (Wildman–Crippen LogP) is 1.51. The maximum atomic E-state index is 13.5. The predicted molar refractivity (Wildman–Crippen MR) is 152 cm³/mol. The number of alkyl carbamates (subject to hydrolysis) is 1. The molecule has 1 fully saturated rings. The molecule has 5 amide bonds. The fraction of sp³-hybridized carbons (Fsp3) is 0.621. The molecular formula is C29H45N5O7. The zero-order chi connectivity index (χ0) is 30.7. The molecule has 41 heavy (non-hydrogen) atoms. The minimum atomic E-state index is -1.20. The fourth-order valence-electron chi connectivity index (χ4n) is 4.55. The Labute approximate surface area is 241 Å². The van der Waals surface area contributed by atoms with Crippen LogP contribution < -0.4 is 27.0 Å². The highest BCUT2D eigenvalue weighted by molar-refractivity contribution is 5.94. The van der Waals surface area contributed by atoms with Crippen LogP contribution in [0.1, 0.15) is 66.4 Å². The van der Waals surface area contributed by atoms with Gasteiger partial charge in [0, 0.05) is 12.5 Å². The summed E-state index contributed by atoms with van der Waals surface area (Å²) >= 11 is 0. The average molecular weight is 576 g/mol. The van der Waals surface area contributed by atoms with Crippen LogP contribution in [-0.2, 0) is 35.3 Å². The van der Waals surface area contributed by atoms with E-state index in [2.05, 4.69) is 21.3 Å². The molecule has 12 heteroatoms. The summed E-state index contributed by atoms with van der Waals surface area (Å²) in [5.41, 5.74) is 5.67. The van der Waals surface area contributed by atoms with E-state index in [1.807, 2.05) is 52.8 Å². The highest BCUT2D eigenvalue weighted by Crippen LogP contribution is 2.17. The van der Waals surface area contributed by atoms with Crippen molar-refractivity contribution in [1.29, 1.82) is 0 Å². The van der Waals surface area contributed by atoms with Gasteiger partial charge in [-0.3, -0.25) is 19.2 Å². The lowest BCUT2D eigenvalue weighted by Crippen LogP contribution is -2.59. The van der Waals surface area contributed by atoms with E-state index < -0.39 is 59.6 Å². The Morgan fingerprint density at radius 2 is 1.63 bits per heavy atom. The molecule has 12 nitrogen and oxygen atoms in total. The molecule has 1 aromatic rings. The number of rotatable bonds is 14. The van der Waals surface area contributed by atoms with Crippen LogP contribution in [0, 0.1) is 11.8 Å². The normalized spacial score (nSPS) is 18.0. The summed E-state index contributed by atoms with van der Waals surface area (Å²) in [5.74, 6) is -2.71. The summed E-state index contributed by atoms with van der Waals surface area (Å²) in [4.78, 5) is 63.6. The Bertz CT molecular complexity index is 1060. The quantitative estimate of drug-likeness (QED) is 0.223. The summed E-state index contributed by atoms with van der Waals surface area (Å²) < 4.78 is 11.3. The van der Waals surface area contributed by atoms with Crippen molar-refractivity contribution in [3.8, 4) is 0 Å². The van der Waals surface area contributed by atoms with Gasteiger partial charge in [-0.1, -0.05) is 44.2 Å². The van der Waals surface area contributed by atoms with E-state index in [1.165, 1.54) is 0 Å². The van der Waals surface area contributed by atoms with Crippen molar-refractivity contribution in [1.82, 2.24) is 21.3 Å². The summed E-state index contributed by atoms with van der Waals surface area (Å²) in [6.07, 6.45) is -0.784. The first kappa shape index (κ1) is 33.5. The van der Waals surface area contributed by atoms with E-state index >= 15 is 0 Å². The molecule has 6 N–H and O–H groups in total. The Morgan fingerprint density at radius 1 is 1.00 bits per heavy atom. The third-order valence-corrected chi connectivity index (χ3v) is 6.46. The molecule has 0 spiro atoms. The summed E-state index contributed by atoms with van der Waals surface area (Å²) in [7, 11) is 0. The number of nitrogens with two attached hydrogens (primary N) is 1. The number of ether oxygens (including phenoxy) is 2. The Balaban J connectivity index is 2.16. The minimum Gasteiger partial charge on any atom is -0.445 e. The van der Waals surface area contributed by atoms with Gasteiger partial charge in [-0.05, 0) is 58.4 Å². The molecule has 0 radical (unpaired) electrons. The van der Waals surface area contributed by atoms with Gasteiger partial charge in [-0.2, -0.15) is 0 Å². The zero-order valence-electron chi connectivity index (χ0n) is 24.8. The number of hydrogen-bond acceptors (Lipinski definition) is 7. The van der Waals surface area contributed by atoms with Crippen LogP contribution in [0.4, 0.5) is 4.79 Å². The highest BCUT2D eigenvalue weighted by atomic mass is 16.6. The molecular weight excluding hydrogens is 530 g/mol. The van der Waals surface area contributed by atoms with Gasteiger partial charge >= 0.3 is 6.09 Å². The largest absolute Gasteiger partial charge is 0.445 e. The number of amides is 5. The van der Waals surface area contributed by atoms with E-state index in [1.54, 1.807) is 19.1 Å². The number of primary amides is 1. The van der Waals surface area contributed by atoms with Gasteiger partial charge in [0.15, 0.2) is 0 Å². The van der Waals surface area contributed by atoms with Crippen LogP contribution in [0.15, 0.2) is 30.3 Å². The summed E-state index contributed by atoms with van der Waals surface area (Å²) in [5, 5.41) is 10.6. The molecule has 0 bridgehead atoms. The first-order chi connectivity index (χ1) is 19.2. The van der Waals surface area contributed by atoms with Crippen LogP contribution in [-0.4, -0.2) is 66.1 Å². The topological polar surface area (TPSA) is 178 Å². The molecule has 1 saturated heterocycles. The van der Waals surface area contributed by atoms with E-state index in [0.717, 1.165) is 5.56 Å². The third-order valence-electron chi connectivity index (χ3n) is 6.46. The van der Waals surface area contributed by atoms with E-state index in [9.17, 15) is 24.0 Å². The van der Waals surface area contributed by atoms with Gasteiger partial charge in [-0.15, -0.1) is 0 Å². The molecule has 1 aliphatic rings. The Kier molecular flexibility index (Phi) is 12.6. The standard InChI is InChI=1S/C29H45N5O7/c1-17(2)14-22(26(37)32-21(24(30)35)15-20-12-13-31-25(20)36)33-27(38)23(18(3)41-29(4,5)6)34-28(39)40-16-19-10-8-7-9-11-19/h7-11,17-18,20-23H,12-16H2,1-6H3,(H2,30,35)(H,31,36)(H,32,37)(H,33,38)(H,34,39)/t18?,20?,21?,22-,23?/m0/s1. The van der Waals surface area contributed by atoms with Crippen molar-refractivity contribution >= 4 is 29.7 Å². The van der Waals surface area contributed by atoms with Gasteiger partial charge in [0.25, 0.3) is 0 Å². The number of hydrogen-bond donors (Lipinski definition) is 5. The highest BCUT2D eigenvalue weighted by Gasteiger charge is 2.36. The summed E-state index contributed by atoms with van der Waals surface area (Å²) in [6, 6.07) is 5.74. The van der Waals surface area contributed by atoms with Crippen LogP contribution in [0.5, 0.6) is 0 Å². The monoisotopic (exact) mass is 575 g/mol. The molecule has 0 aliphatic carbocycles. The average Bonchev–Trinajstić information content (AvgIpc) is 3.28. The van der Waals surface area contributed by atoms with Gasteiger partial charge in [0.2, 0.25) is 23.6 Å². The van der Waals surface area contributed by atoms with Crippen molar-refractivity contribution < 1.29 is 33.4 Å². The Hall–Kier alpha value is -3.67. The maximum absolute atomic E-state index is 13.5. The smallest absolute Gasteiger partial charge is 0.408 e. The zero-order valence-corrected chi connectivity index (χ0v) is 24.8. The van der Waals surface area contributed by atoms with Crippen LogP contribution in [0.25, 0.3) is 0 Å². The van der Waals surface area contributed by atoms with Crippen LogP contribution in [0.2, 0.25) is 0 Å². The van der Waals surface area contributed by atoms with Crippen molar-refractivity contribution in [2.45, 2.75) is 97.2 Å². The van der Waals surface area contributed by atoms with Gasteiger partial charge in [0.1, 0.15) is 24.7 Å². The van der Waals surface area contributed by atoms with Crippen LogP contribution >= 0.6 is 0 Å². The van der Waals surface area contributed by atoms with Crippen molar-refractivity contribution in [2.24, 2.45) is 17.6 Å². The van der Waals surface area contributed by atoms with Gasteiger partial charge in [-0.25, -0.2) is 4.79 Å². The number of nitrogens with one attached hydrogen (secondary N) is 4. The summed E-state index contributed by atoms with van der Waals surface area (Å²) in [6.45, 7) is 11.3. The van der Waals surface area contributed by atoms with Crippen molar-refractivity contribution in [3.05, 3.63) is 35.9 Å². The number of carbonyl (C=O) groups excluding carboxylic acids is 5. The lowest BCUT2D eigenvalue weighted by atomic mass is 9.97.